The molecule has 0 radical (unpaired) electrons. The van der Waals surface area contributed by atoms with Gasteiger partial charge in [-0.15, -0.1) is 0 Å². The Morgan fingerprint density at radius 2 is 0.603 bits per heavy atom. The van der Waals surface area contributed by atoms with Crippen molar-refractivity contribution >= 4 is 17.9 Å². The quantitative estimate of drug-likeness (QED) is 0.0262. The van der Waals surface area contributed by atoms with Crippen LogP contribution in [0, 0.1) is 0 Å². The van der Waals surface area contributed by atoms with Crippen molar-refractivity contribution in [3.63, 3.8) is 0 Å². The van der Waals surface area contributed by atoms with Crippen LogP contribution < -0.4 is 0 Å². The molecule has 0 amide bonds. The van der Waals surface area contributed by atoms with Crippen LogP contribution in [-0.2, 0) is 28.6 Å². The van der Waals surface area contributed by atoms with E-state index < -0.39 is 6.10 Å². The summed E-state index contributed by atoms with van der Waals surface area (Å²) in [6.07, 6.45) is 73.0. The number of hydrogen-bond acceptors (Lipinski definition) is 6. The van der Waals surface area contributed by atoms with E-state index in [0.717, 1.165) is 77.0 Å². The molecule has 390 valence electrons. The van der Waals surface area contributed by atoms with Crippen molar-refractivity contribution in [2.45, 2.75) is 277 Å². The maximum absolute atomic E-state index is 12.8. The molecule has 0 aromatic carbocycles. The molecule has 0 heterocycles. The van der Waals surface area contributed by atoms with Gasteiger partial charge in [-0.1, -0.05) is 234 Å². The number of hydrogen-bond donors (Lipinski definition) is 0. The second kappa shape index (κ2) is 56.2. The Morgan fingerprint density at radius 3 is 1.01 bits per heavy atom. The molecule has 0 aliphatic carbocycles. The van der Waals surface area contributed by atoms with Crippen LogP contribution in [0.3, 0.4) is 0 Å². The summed E-state index contributed by atoms with van der Waals surface area (Å²) in [5, 5.41) is 0. The molecule has 68 heavy (non-hydrogen) atoms. The molecule has 0 aromatic heterocycles. The fraction of sp³-hybridized carbons (Fsp3) is 0.726. The lowest BCUT2D eigenvalue weighted by molar-refractivity contribution is -0.166. The maximum Gasteiger partial charge on any atom is 0.306 e. The largest absolute Gasteiger partial charge is 0.462 e. The molecule has 0 aromatic rings. The first-order chi connectivity index (χ1) is 33.5. The summed E-state index contributed by atoms with van der Waals surface area (Å²) < 4.78 is 16.8. The third kappa shape index (κ3) is 53.5. The molecule has 1 atom stereocenters. The topological polar surface area (TPSA) is 78.9 Å². The van der Waals surface area contributed by atoms with Gasteiger partial charge in [-0.3, -0.25) is 14.4 Å². The number of allylic oxidation sites excluding steroid dienone is 14. The third-order valence-corrected chi connectivity index (χ3v) is 12.1. The summed E-state index contributed by atoms with van der Waals surface area (Å²) in [5.74, 6) is -0.993. The standard InChI is InChI=1S/C62H106O6/c1-4-7-10-13-16-19-22-25-27-29-31-33-34-37-40-43-46-49-52-55-61(64)67-58-59(57-66-60(63)54-51-48-45-42-39-36-24-21-18-15-12-9-6-3)68-62(65)56-53-50-47-44-41-38-35-32-30-28-26-23-20-17-14-11-8-5-2/h9,12,18,20-21,23,25,27-28,30,36,39,45,48,59H,4-8,10-11,13-17,19,22,24,26,29,31-35,37-38,40-44,46-47,49-58H2,1-3H3/b12-9-,21-18-,23-20-,27-25-,30-28-,39-36-,48-45-. The van der Waals surface area contributed by atoms with Gasteiger partial charge in [0.2, 0.25) is 0 Å². The summed E-state index contributed by atoms with van der Waals surface area (Å²) in [5.41, 5.74) is 0. The third-order valence-electron chi connectivity index (χ3n) is 12.1. The number of unbranched alkanes of at least 4 members (excludes halogenated alkanes) is 26. The Hall–Kier alpha value is -3.41. The van der Waals surface area contributed by atoms with Gasteiger partial charge in [0.25, 0.3) is 0 Å². The molecular formula is C62H106O6. The second-order valence-corrected chi connectivity index (χ2v) is 18.8. The highest BCUT2D eigenvalue weighted by atomic mass is 16.6. The van der Waals surface area contributed by atoms with Crippen molar-refractivity contribution < 1.29 is 28.6 Å². The van der Waals surface area contributed by atoms with E-state index in [0.29, 0.717) is 19.3 Å². The maximum atomic E-state index is 12.8. The highest BCUT2D eigenvalue weighted by Crippen LogP contribution is 2.15. The zero-order chi connectivity index (χ0) is 49.3. The van der Waals surface area contributed by atoms with Gasteiger partial charge in [-0.25, -0.2) is 0 Å². The minimum Gasteiger partial charge on any atom is -0.462 e. The number of carbonyl (C=O) groups excluding carboxylic acids is 3. The predicted molar refractivity (Wildman–Crippen MR) is 293 cm³/mol. The average Bonchev–Trinajstić information content (AvgIpc) is 3.34. The minimum absolute atomic E-state index is 0.103. The van der Waals surface area contributed by atoms with E-state index in [4.69, 9.17) is 14.2 Å². The van der Waals surface area contributed by atoms with E-state index in [1.807, 2.05) is 6.08 Å². The van der Waals surface area contributed by atoms with Crippen LogP contribution in [0.5, 0.6) is 0 Å². The highest BCUT2D eigenvalue weighted by Gasteiger charge is 2.19. The van der Waals surface area contributed by atoms with E-state index in [-0.39, 0.29) is 37.5 Å². The summed E-state index contributed by atoms with van der Waals surface area (Å²) in [6, 6.07) is 0. The monoisotopic (exact) mass is 947 g/mol. The van der Waals surface area contributed by atoms with Crippen LogP contribution >= 0.6 is 0 Å². The van der Waals surface area contributed by atoms with E-state index in [1.54, 1.807) is 0 Å². The molecule has 6 heteroatoms. The normalized spacial score (nSPS) is 12.7. The Bertz CT molecular complexity index is 1320. The van der Waals surface area contributed by atoms with Crippen molar-refractivity contribution in [3.8, 4) is 0 Å². The van der Waals surface area contributed by atoms with Gasteiger partial charge < -0.3 is 14.2 Å². The summed E-state index contributed by atoms with van der Waals surface area (Å²) in [4.78, 5) is 38.1. The molecular weight excluding hydrogens is 841 g/mol. The number of esters is 3. The van der Waals surface area contributed by atoms with Gasteiger partial charge in [-0.2, -0.15) is 0 Å². The number of rotatable bonds is 51. The lowest BCUT2D eigenvalue weighted by Crippen LogP contribution is -2.30. The Morgan fingerprint density at radius 1 is 0.309 bits per heavy atom. The number of ether oxygens (including phenoxy) is 3. The molecule has 0 aliphatic heterocycles. The molecule has 1 unspecified atom stereocenters. The first-order valence-corrected chi connectivity index (χ1v) is 28.6. The van der Waals surface area contributed by atoms with Crippen molar-refractivity contribution in [3.05, 3.63) is 85.1 Å². The predicted octanol–water partition coefficient (Wildman–Crippen LogP) is 19.2. The van der Waals surface area contributed by atoms with Gasteiger partial charge in [0.05, 0.1) is 0 Å². The fourth-order valence-electron chi connectivity index (χ4n) is 7.83. The molecule has 0 saturated carbocycles. The second-order valence-electron chi connectivity index (χ2n) is 18.8. The van der Waals surface area contributed by atoms with E-state index >= 15 is 0 Å². The van der Waals surface area contributed by atoms with Gasteiger partial charge in [0.15, 0.2) is 6.10 Å². The molecule has 6 nitrogen and oxygen atoms in total. The molecule has 0 bridgehead atoms. The first kappa shape index (κ1) is 64.6. The fourth-order valence-corrected chi connectivity index (χ4v) is 7.83. The van der Waals surface area contributed by atoms with Crippen molar-refractivity contribution in [1.29, 1.82) is 0 Å². The first-order valence-electron chi connectivity index (χ1n) is 28.6. The van der Waals surface area contributed by atoms with Crippen LogP contribution in [-0.4, -0.2) is 37.2 Å². The van der Waals surface area contributed by atoms with E-state index in [1.165, 1.54) is 148 Å². The smallest absolute Gasteiger partial charge is 0.306 e. The lowest BCUT2D eigenvalue weighted by Gasteiger charge is -2.18. The molecule has 0 saturated heterocycles. The van der Waals surface area contributed by atoms with Crippen molar-refractivity contribution in [2.75, 3.05) is 13.2 Å². The van der Waals surface area contributed by atoms with Crippen molar-refractivity contribution in [1.82, 2.24) is 0 Å². The SMILES string of the molecule is CC/C=C\C/C=C\C/C=C\C/C=C\CCC(=O)OCC(COC(=O)CCCCCCCCCCC/C=C\CCCCCCCC)OC(=O)CCCCCCCCC/C=C\C/C=C\CCCCCC. The molecule has 0 rings (SSSR count). The summed E-state index contributed by atoms with van der Waals surface area (Å²) in [6.45, 7) is 6.44. The van der Waals surface area contributed by atoms with Crippen LogP contribution in [0.4, 0.5) is 0 Å². The van der Waals surface area contributed by atoms with Crippen LogP contribution in [0.25, 0.3) is 0 Å². The molecule has 0 N–H and O–H groups in total. The Balaban J connectivity index is 4.43. The minimum atomic E-state index is -0.811. The molecule has 0 aliphatic rings. The number of carbonyl (C=O) groups is 3. The summed E-state index contributed by atoms with van der Waals surface area (Å²) in [7, 11) is 0. The van der Waals surface area contributed by atoms with E-state index in [2.05, 4.69) is 99.8 Å². The Kier molecular flexibility index (Phi) is 53.4. The van der Waals surface area contributed by atoms with Gasteiger partial charge >= 0.3 is 17.9 Å². The van der Waals surface area contributed by atoms with Crippen LogP contribution in [0.15, 0.2) is 85.1 Å². The molecule has 0 spiro atoms. The zero-order valence-corrected chi connectivity index (χ0v) is 44.6. The van der Waals surface area contributed by atoms with Crippen LogP contribution in [0.1, 0.15) is 271 Å². The van der Waals surface area contributed by atoms with Crippen LogP contribution in [0.2, 0.25) is 0 Å². The highest BCUT2D eigenvalue weighted by molar-refractivity contribution is 5.71. The summed E-state index contributed by atoms with van der Waals surface area (Å²) >= 11 is 0. The Labute approximate surface area is 420 Å². The zero-order valence-electron chi connectivity index (χ0n) is 44.6. The molecule has 0 fully saturated rings. The average molecular weight is 948 g/mol. The van der Waals surface area contributed by atoms with Gasteiger partial charge in [0, 0.05) is 19.3 Å². The van der Waals surface area contributed by atoms with Gasteiger partial charge in [-0.05, 0) is 103 Å². The van der Waals surface area contributed by atoms with E-state index in [9.17, 15) is 14.4 Å². The lowest BCUT2D eigenvalue weighted by atomic mass is 10.1. The van der Waals surface area contributed by atoms with Crippen molar-refractivity contribution in [2.24, 2.45) is 0 Å². The van der Waals surface area contributed by atoms with Gasteiger partial charge in [0.1, 0.15) is 13.2 Å².